The van der Waals surface area contributed by atoms with Crippen LogP contribution >= 0.6 is 0 Å². The van der Waals surface area contributed by atoms with Gasteiger partial charge in [-0.05, 0) is 45.1 Å². The van der Waals surface area contributed by atoms with Gasteiger partial charge in [0.15, 0.2) is 0 Å². The SMILES string of the molecule is CC(CC(C)(C)c1ccccc1)NC(=O)N1CCN(C(=O)OC(C)(C)C)CC1. The highest BCUT2D eigenvalue weighted by Crippen LogP contribution is 2.28. The van der Waals surface area contributed by atoms with Crippen LogP contribution in [0.15, 0.2) is 30.3 Å². The third-order valence-corrected chi connectivity index (χ3v) is 4.96. The second-order valence-corrected chi connectivity index (χ2v) is 9.26. The molecule has 1 aromatic carbocycles. The molecule has 28 heavy (non-hydrogen) atoms. The number of amides is 3. The molecule has 0 saturated carbocycles. The monoisotopic (exact) mass is 389 g/mol. The van der Waals surface area contributed by atoms with Crippen molar-refractivity contribution < 1.29 is 14.3 Å². The zero-order valence-electron chi connectivity index (χ0n) is 18.1. The molecule has 0 aromatic heterocycles. The standard InChI is InChI=1S/C22H35N3O3/c1-17(16-22(5,6)18-10-8-7-9-11-18)23-19(26)24-12-14-25(15-13-24)20(27)28-21(2,3)4/h7-11,17H,12-16H2,1-6H3,(H,23,26). The molecule has 1 aliphatic rings. The molecule has 1 unspecified atom stereocenters. The van der Waals surface area contributed by atoms with E-state index in [1.54, 1.807) is 9.80 Å². The number of ether oxygens (including phenoxy) is 1. The van der Waals surface area contributed by atoms with Crippen LogP contribution in [0.1, 0.15) is 53.5 Å². The quantitative estimate of drug-likeness (QED) is 0.846. The molecule has 0 bridgehead atoms. The van der Waals surface area contributed by atoms with Crippen LogP contribution in [0.2, 0.25) is 0 Å². The third kappa shape index (κ3) is 6.43. The molecule has 1 heterocycles. The Morgan fingerprint density at radius 1 is 1.00 bits per heavy atom. The van der Waals surface area contributed by atoms with Crippen molar-refractivity contribution in [2.45, 2.75) is 65.0 Å². The Labute approximate surface area is 169 Å². The highest BCUT2D eigenvalue weighted by atomic mass is 16.6. The molecule has 3 amide bonds. The first kappa shape index (κ1) is 22.1. The van der Waals surface area contributed by atoms with Crippen molar-refractivity contribution >= 4 is 12.1 Å². The Kier molecular flexibility index (Phi) is 6.96. The van der Waals surface area contributed by atoms with E-state index in [4.69, 9.17) is 4.74 Å². The summed E-state index contributed by atoms with van der Waals surface area (Å²) in [5, 5.41) is 3.11. The summed E-state index contributed by atoms with van der Waals surface area (Å²) in [5.74, 6) is 0. The second-order valence-electron chi connectivity index (χ2n) is 9.26. The predicted molar refractivity (Wildman–Crippen MR) is 111 cm³/mol. The largest absolute Gasteiger partial charge is 0.444 e. The average molecular weight is 390 g/mol. The van der Waals surface area contributed by atoms with Gasteiger partial charge in [-0.1, -0.05) is 44.2 Å². The number of hydrogen-bond acceptors (Lipinski definition) is 3. The molecule has 1 atom stereocenters. The number of hydrogen-bond donors (Lipinski definition) is 1. The molecule has 6 nitrogen and oxygen atoms in total. The average Bonchev–Trinajstić information content (AvgIpc) is 2.60. The van der Waals surface area contributed by atoms with Crippen molar-refractivity contribution in [1.29, 1.82) is 0 Å². The minimum atomic E-state index is -0.507. The van der Waals surface area contributed by atoms with Gasteiger partial charge in [-0.25, -0.2) is 9.59 Å². The summed E-state index contributed by atoms with van der Waals surface area (Å²) in [6.45, 7) is 14.0. The minimum absolute atomic E-state index is 0.0244. The van der Waals surface area contributed by atoms with Gasteiger partial charge in [0, 0.05) is 32.2 Å². The lowest BCUT2D eigenvalue weighted by Gasteiger charge is -2.36. The van der Waals surface area contributed by atoms with Crippen molar-refractivity contribution in [2.24, 2.45) is 0 Å². The van der Waals surface area contributed by atoms with Crippen LogP contribution in [0, 0.1) is 0 Å². The zero-order chi connectivity index (χ0) is 20.9. The lowest BCUT2D eigenvalue weighted by atomic mass is 9.79. The number of benzene rings is 1. The first-order chi connectivity index (χ1) is 13.0. The van der Waals surface area contributed by atoms with Gasteiger partial charge in [0.25, 0.3) is 0 Å². The Hall–Kier alpha value is -2.24. The summed E-state index contributed by atoms with van der Waals surface area (Å²) in [6, 6.07) is 10.3. The van der Waals surface area contributed by atoms with Gasteiger partial charge in [0.1, 0.15) is 5.60 Å². The Morgan fingerprint density at radius 3 is 2.07 bits per heavy atom. The van der Waals surface area contributed by atoms with Crippen LogP contribution in [0.25, 0.3) is 0 Å². The number of carbonyl (C=O) groups is 2. The van der Waals surface area contributed by atoms with E-state index in [9.17, 15) is 9.59 Å². The van der Waals surface area contributed by atoms with Crippen LogP contribution in [0.5, 0.6) is 0 Å². The number of nitrogens with zero attached hydrogens (tertiary/aromatic N) is 2. The summed E-state index contributed by atoms with van der Waals surface area (Å²) in [5.41, 5.74) is 0.734. The molecule has 156 valence electrons. The van der Waals surface area contributed by atoms with Crippen molar-refractivity contribution in [3.05, 3.63) is 35.9 Å². The Morgan fingerprint density at radius 2 is 1.54 bits per heavy atom. The van der Waals surface area contributed by atoms with Gasteiger partial charge in [-0.2, -0.15) is 0 Å². The molecule has 6 heteroatoms. The van der Waals surface area contributed by atoms with Crippen LogP contribution in [-0.4, -0.2) is 59.7 Å². The molecule has 0 spiro atoms. The number of carbonyl (C=O) groups excluding carboxylic acids is 2. The molecule has 2 rings (SSSR count). The number of rotatable bonds is 4. The van der Waals surface area contributed by atoms with E-state index >= 15 is 0 Å². The first-order valence-electron chi connectivity index (χ1n) is 10.1. The Balaban J connectivity index is 1.81. The molecule has 1 aliphatic heterocycles. The predicted octanol–water partition coefficient (Wildman–Crippen LogP) is 4.01. The molecule has 1 saturated heterocycles. The third-order valence-electron chi connectivity index (χ3n) is 4.96. The van der Waals surface area contributed by atoms with Crippen molar-refractivity contribution in [1.82, 2.24) is 15.1 Å². The normalized spacial score (nSPS) is 16.5. The van der Waals surface area contributed by atoms with Gasteiger partial charge in [0.2, 0.25) is 0 Å². The lowest BCUT2D eigenvalue weighted by Crippen LogP contribution is -2.55. The van der Waals surface area contributed by atoms with E-state index < -0.39 is 5.60 Å². The van der Waals surface area contributed by atoms with Gasteiger partial charge in [-0.15, -0.1) is 0 Å². The topological polar surface area (TPSA) is 61.9 Å². The lowest BCUT2D eigenvalue weighted by molar-refractivity contribution is 0.0169. The highest BCUT2D eigenvalue weighted by molar-refractivity contribution is 5.75. The summed E-state index contributed by atoms with van der Waals surface area (Å²) in [7, 11) is 0. The van der Waals surface area contributed by atoms with E-state index in [2.05, 4.69) is 31.3 Å². The van der Waals surface area contributed by atoms with Gasteiger partial charge >= 0.3 is 12.1 Å². The van der Waals surface area contributed by atoms with Crippen molar-refractivity contribution in [3.8, 4) is 0 Å². The number of urea groups is 1. The minimum Gasteiger partial charge on any atom is -0.444 e. The van der Waals surface area contributed by atoms with E-state index in [1.807, 2.05) is 45.9 Å². The van der Waals surface area contributed by atoms with Crippen LogP contribution in [0.3, 0.4) is 0 Å². The number of nitrogens with one attached hydrogen (secondary N) is 1. The summed E-state index contributed by atoms with van der Waals surface area (Å²) >= 11 is 0. The van der Waals surface area contributed by atoms with E-state index in [-0.39, 0.29) is 23.6 Å². The zero-order valence-corrected chi connectivity index (χ0v) is 18.1. The maximum atomic E-state index is 12.6. The fraction of sp³-hybridized carbons (Fsp3) is 0.636. The van der Waals surface area contributed by atoms with E-state index in [1.165, 1.54) is 5.56 Å². The van der Waals surface area contributed by atoms with Crippen molar-refractivity contribution in [2.75, 3.05) is 26.2 Å². The van der Waals surface area contributed by atoms with E-state index in [0.29, 0.717) is 26.2 Å². The maximum absolute atomic E-state index is 12.6. The van der Waals surface area contributed by atoms with Crippen LogP contribution in [0.4, 0.5) is 9.59 Å². The van der Waals surface area contributed by atoms with Crippen molar-refractivity contribution in [3.63, 3.8) is 0 Å². The fourth-order valence-corrected chi connectivity index (χ4v) is 3.54. The highest BCUT2D eigenvalue weighted by Gasteiger charge is 2.29. The summed E-state index contributed by atoms with van der Waals surface area (Å²) in [6.07, 6.45) is 0.534. The summed E-state index contributed by atoms with van der Waals surface area (Å²) < 4.78 is 5.40. The smallest absolute Gasteiger partial charge is 0.410 e. The molecule has 0 aliphatic carbocycles. The molecule has 1 aromatic rings. The number of piperazine rings is 1. The maximum Gasteiger partial charge on any atom is 0.410 e. The van der Waals surface area contributed by atoms with Gasteiger partial charge in [0.05, 0.1) is 0 Å². The summed E-state index contributed by atoms with van der Waals surface area (Å²) in [4.78, 5) is 28.2. The molecular weight excluding hydrogens is 354 g/mol. The Bertz CT molecular complexity index is 659. The van der Waals surface area contributed by atoms with E-state index in [0.717, 1.165) is 6.42 Å². The molecule has 1 N–H and O–H groups in total. The fourth-order valence-electron chi connectivity index (χ4n) is 3.54. The molecule has 0 radical (unpaired) electrons. The van der Waals surface area contributed by atoms with Crippen LogP contribution in [-0.2, 0) is 10.2 Å². The molecular formula is C22H35N3O3. The van der Waals surface area contributed by atoms with Gasteiger partial charge < -0.3 is 19.9 Å². The molecule has 1 fully saturated rings. The van der Waals surface area contributed by atoms with Gasteiger partial charge in [-0.3, -0.25) is 0 Å². The van der Waals surface area contributed by atoms with Crippen LogP contribution < -0.4 is 5.32 Å². The second kappa shape index (κ2) is 8.84. The first-order valence-corrected chi connectivity index (χ1v) is 10.1.